The number of allylic oxidation sites excluding steroid dienone is 1. The Morgan fingerprint density at radius 2 is 1.85 bits per heavy atom. The summed E-state index contributed by atoms with van der Waals surface area (Å²) in [6, 6.07) is 9.68. The van der Waals surface area contributed by atoms with Crippen LogP contribution in [0.2, 0.25) is 0 Å². The van der Waals surface area contributed by atoms with Crippen LogP contribution in [0.3, 0.4) is 0 Å². The van der Waals surface area contributed by atoms with Crippen LogP contribution < -0.4 is 16.0 Å². The molecule has 0 spiro atoms. The molecule has 218 valence electrons. The molecule has 1 aliphatic heterocycles. The quantitative estimate of drug-likeness (QED) is 0.288. The monoisotopic (exact) mass is 542 g/mol. The average Bonchev–Trinajstić information content (AvgIpc) is 2.93. The molecule has 0 bridgehead atoms. The Hall–Kier alpha value is -2.42. The van der Waals surface area contributed by atoms with Gasteiger partial charge in [0.25, 0.3) is 0 Å². The molecule has 3 rings (SSSR count). The molecule has 1 heterocycles. The minimum atomic E-state index is -0.714. The number of nitrogens with zero attached hydrogens (tertiary/aromatic N) is 1. The van der Waals surface area contributed by atoms with Gasteiger partial charge in [0.15, 0.2) is 0 Å². The summed E-state index contributed by atoms with van der Waals surface area (Å²) in [4.78, 5) is 27.6. The van der Waals surface area contributed by atoms with Crippen molar-refractivity contribution < 1.29 is 19.4 Å². The van der Waals surface area contributed by atoms with Crippen LogP contribution >= 0.6 is 0 Å². The van der Waals surface area contributed by atoms with Crippen LogP contribution in [0.15, 0.2) is 42.1 Å². The minimum Gasteiger partial charge on any atom is -0.390 e. The van der Waals surface area contributed by atoms with E-state index in [1.54, 1.807) is 0 Å². The van der Waals surface area contributed by atoms with Gasteiger partial charge in [0, 0.05) is 31.4 Å². The van der Waals surface area contributed by atoms with Crippen LogP contribution in [0.1, 0.15) is 65.4 Å². The van der Waals surface area contributed by atoms with Crippen LogP contribution in [-0.2, 0) is 20.7 Å². The third kappa shape index (κ3) is 9.92. The van der Waals surface area contributed by atoms with Crippen molar-refractivity contribution in [3.63, 3.8) is 0 Å². The standard InChI is InChI=1S/C31H50N4O4/c1-5-26(18-32-30(37)21-39-6-2)34-27(16-23-12-8-7-9-13-23)29(36)20-35-19-25-15-11-10-14-24(25)17-28(35)31(38)33-22(3)4/h5,7-9,12-13,22,24-25,27-29,34,36H,6,10-11,14-21H2,1-4H3,(H,32,37)(H,33,38)/b26-5+. The predicted octanol–water partition coefficient (Wildman–Crippen LogP) is 3.01. The Balaban J connectivity index is 1.74. The van der Waals surface area contributed by atoms with Gasteiger partial charge in [0.05, 0.1) is 24.7 Å². The fourth-order valence-electron chi connectivity index (χ4n) is 5.99. The van der Waals surface area contributed by atoms with Crippen LogP contribution in [0, 0.1) is 11.8 Å². The molecule has 39 heavy (non-hydrogen) atoms. The van der Waals surface area contributed by atoms with Crippen molar-refractivity contribution in [2.75, 3.05) is 32.8 Å². The van der Waals surface area contributed by atoms with E-state index >= 15 is 0 Å². The van der Waals surface area contributed by atoms with Gasteiger partial charge in [0.2, 0.25) is 11.8 Å². The second-order valence-electron chi connectivity index (χ2n) is 11.4. The van der Waals surface area contributed by atoms with E-state index in [0.29, 0.717) is 38.0 Å². The number of fused-ring (bicyclic) bond motifs is 1. The van der Waals surface area contributed by atoms with Crippen molar-refractivity contribution in [1.82, 2.24) is 20.9 Å². The largest absolute Gasteiger partial charge is 0.390 e. The van der Waals surface area contributed by atoms with Crippen molar-refractivity contribution >= 4 is 11.8 Å². The van der Waals surface area contributed by atoms with Crippen molar-refractivity contribution in [2.45, 2.75) is 90.4 Å². The number of hydrogen-bond donors (Lipinski definition) is 4. The molecule has 8 heteroatoms. The lowest BCUT2D eigenvalue weighted by atomic mass is 9.72. The van der Waals surface area contributed by atoms with E-state index in [1.807, 2.05) is 52.0 Å². The minimum absolute atomic E-state index is 0.0283. The molecule has 5 atom stereocenters. The first-order valence-corrected chi connectivity index (χ1v) is 14.8. The van der Waals surface area contributed by atoms with Gasteiger partial charge in [-0.25, -0.2) is 0 Å². The third-order valence-electron chi connectivity index (χ3n) is 8.05. The number of amides is 2. The zero-order valence-corrected chi connectivity index (χ0v) is 24.3. The molecule has 0 aromatic heterocycles. The summed E-state index contributed by atoms with van der Waals surface area (Å²) in [5.74, 6) is 1.07. The van der Waals surface area contributed by atoms with Crippen molar-refractivity contribution in [3.8, 4) is 0 Å². The Bertz CT molecular complexity index is 922. The molecule has 8 nitrogen and oxygen atoms in total. The molecule has 0 radical (unpaired) electrons. The first kappa shape index (κ1) is 31.1. The normalized spacial score (nSPS) is 23.5. The molecule has 1 aromatic rings. The molecular weight excluding hydrogens is 492 g/mol. The fourth-order valence-corrected chi connectivity index (χ4v) is 5.99. The Morgan fingerprint density at radius 1 is 1.13 bits per heavy atom. The number of rotatable bonds is 14. The van der Waals surface area contributed by atoms with Gasteiger partial charge >= 0.3 is 0 Å². The number of aliphatic hydroxyl groups excluding tert-OH is 1. The van der Waals surface area contributed by atoms with E-state index in [0.717, 1.165) is 24.2 Å². The highest BCUT2D eigenvalue weighted by Gasteiger charge is 2.41. The van der Waals surface area contributed by atoms with Gasteiger partial charge in [-0.05, 0) is 64.4 Å². The van der Waals surface area contributed by atoms with Crippen molar-refractivity contribution in [3.05, 3.63) is 47.7 Å². The Morgan fingerprint density at radius 3 is 2.51 bits per heavy atom. The second kappa shape index (κ2) is 16.0. The number of likely N-dealkylation sites (tertiary alicyclic amines) is 1. The van der Waals surface area contributed by atoms with E-state index < -0.39 is 6.10 Å². The van der Waals surface area contributed by atoms with Crippen molar-refractivity contribution in [2.24, 2.45) is 11.8 Å². The maximum atomic E-state index is 13.3. The van der Waals surface area contributed by atoms with E-state index in [9.17, 15) is 14.7 Å². The lowest BCUT2D eigenvalue weighted by Gasteiger charge is -2.46. The Labute approximate surface area is 234 Å². The summed E-state index contributed by atoms with van der Waals surface area (Å²) in [6.45, 7) is 9.87. The summed E-state index contributed by atoms with van der Waals surface area (Å²) in [5, 5.41) is 21.2. The highest BCUT2D eigenvalue weighted by atomic mass is 16.5. The highest BCUT2D eigenvalue weighted by molar-refractivity contribution is 5.82. The average molecular weight is 543 g/mol. The second-order valence-corrected chi connectivity index (χ2v) is 11.4. The van der Waals surface area contributed by atoms with Gasteiger partial charge in [-0.1, -0.05) is 55.7 Å². The predicted molar refractivity (Wildman–Crippen MR) is 155 cm³/mol. The number of nitrogens with one attached hydrogen (secondary N) is 3. The van der Waals surface area contributed by atoms with Crippen LogP contribution in [-0.4, -0.2) is 78.9 Å². The van der Waals surface area contributed by atoms with Gasteiger partial charge < -0.3 is 25.8 Å². The number of aliphatic hydroxyl groups is 1. The van der Waals surface area contributed by atoms with Crippen LogP contribution in [0.5, 0.6) is 0 Å². The first-order chi connectivity index (χ1) is 18.8. The van der Waals surface area contributed by atoms with Gasteiger partial charge in [0.1, 0.15) is 6.61 Å². The van der Waals surface area contributed by atoms with Gasteiger partial charge in [-0.15, -0.1) is 0 Å². The molecule has 4 N–H and O–H groups in total. The van der Waals surface area contributed by atoms with Crippen molar-refractivity contribution in [1.29, 1.82) is 0 Å². The molecule has 5 unspecified atom stereocenters. The zero-order valence-electron chi connectivity index (χ0n) is 24.3. The topological polar surface area (TPSA) is 103 Å². The maximum Gasteiger partial charge on any atom is 0.246 e. The number of piperidine rings is 1. The number of carbonyl (C=O) groups is 2. The SMILES string of the molecule is C/C=C(\CNC(=O)COCC)NC(Cc1ccccc1)C(O)CN1CC2CCCCC2CC1C(=O)NC(C)C. The molecule has 1 saturated heterocycles. The van der Waals surface area contributed by atoms with E-state index in [4.69, 9.17) is 4.74 Å². The molecule has 1 aliphatic carbocycles. The summed E-state index contributed by atoms with van der Waals surface area (Å²) < 4.78 is 5.20. The van der Waals surface area contributed by atoms with Gasteiger partial charge in [-0.3, -0.25) is 14.5 Å². The lowest BCUT2D eigenvalue weighted by Crippen LogP contribution is -2.59. The smallest absolute Gasteiger partial charge is 0.246 e. The van der Waals surface area contributed by atoms with Crippen LogP contribution in [0.4, 0.5) is 0 Å². The molecule has 1 aromatic carbocycles. The number of benzene rings is 1. The Kier molecular flexibility index (Phi) is 12.8. The first-order valence-electron chi connectivity index (χ1n) is 14.8. The molecular formula is C31H50N4O4. The molecule has 2 aliphatic rings. The van der Waals surface area contributed by atoms with E-state index in [-0.39, 0.29) is 36.5 Å². The summed E-state index contributed by atoms with van der Waals surface area (Å²) in [6.07, 6.45) is 7.59. The van der Waals surface area contributed by atoms with E-state index in [2.05, 4.69) is 33.0 Å². The number of ether oxygens (including phenoxy) is 1. The number of hydrogen-bond acceptors (Lipinski definition) is 6. The zero-order chi connectivity index (χ0) is 28.2. The molecule has 2 amide bonds. The summed E-state index contributed by atoms with van der Waals surface area (Å²) in [7, 11) is 0. The summed E-state index contributed by atoms with van der Waals surface area (Å²) in [5.41, 5.74) is 1.95. The van der Waals surface area contributed by atoms with E-state index in [1.165, 1.54) is 25.7 Å². The lowest BCUT2D eigenvalue weighted by molar-refractivity contribution is -0.131. The van der Waals surface area contributed by atoms with Crippen LogP contribution in [0.25, 0.3) is 0 Å². The maximum absolute atomic E-state index is 13.3. The highest BCUT2D eigenvalue weighted by Crippen LogP contribution is 2.38. The molecule has 2 fully saturated rings. The third-order valence-corrected chi connectivity index (χ3v) is 8.05. The summed E-state index contributed by atoms with van der Waals surface area (Å²) >= 11 is 0. The number of carbonyl (C=O) groups excluding carboxylic acids is 2. The number of β-amino-alcohol motifs (C(OH)–C–C–N with tert-alkyl or cyclic N) is 1. The van der Waals surface area contributed by atoms with Gasteiger partial charge in [-0.2, -0.15) is 0 Å². The molecule has 1 saturated carbocycles. The fraction of sp³-hybridized carbons (Fsp3) is 0.677.